The first-order valence-electron chi connectivity index (χ1n) is 8.09. The van der Waals surface area contributed by atoms with E-state index in [0.717, 1.165) is 29.2 Å². The predicted molar refractivity (Wildman–Crippen MR) is 104 cm³/mol. The molecule has 1 unspecified atom stereocenters. The quantitative estimate of drug-likeness (QED) is 0.170. The molecule has 1 aliphatic rings. The summed E-state index contributed by atoms with van der Waals surface area (Å²) < 4.78 is 35.6. The van der Waals surface area contributed by atoms with Crippen LogP contribution in [0.3, 0.4) is 0 Å². The monoisotopic (exact) mass is 468 g/mol. The van der Waals surface area contributed by atoms with Crippen LogP contribution in [0.25, 0.3) is 0 Å². The van der Waals surface area contributed by atoms with Crippen LogP contribution in [0.1, 0.15) is 0 Å². The van der Waals surface area contributed by atoms with Gasteiger partial charge in [-0.3, -0.25) is 9.35 Å². The molecule has 15 heteroatoms. The molecule has 1 heterocycles. The third-order valence-electron chi connectivity index (χ3n) is 3.79. The Balaban J connectivity index is 1.81. The average Bonchev–Trinajstić information content (AvgIpc) is 3.07. The van der Waals surface area contributed by atoms with E-state index in [-0.39, 0.29) is 5.69 Å². The Hall–Kier alpha value is -3.21. The number of carbonyl (C=O) groups is 2. The Morgan fingerprint density at radius 1 is 1.13 bits per heavy atom. The highest BCUT2D eigenvalue weighted by Crippen LogP contribution is 2.26. The molecule has 0 fully saturated rings. The van der Waals surface area contributed by atoms with Gasteiger partial charge in [-0.1, -0.05) is 5.04 Å². The third kappa shape index (κ3) is 5.29. The number of carbonyl (C=O) groups excluding carboxylic acids is 1. The lowest BCUT2D eigenvalue weighted by Crippen LogP contribution is -2.33. The summed E-state index contributed by atoms with van der Waals surface area (Å²) in [6.45, 7) is 0. The molecular formula is C16H12N4O9S2. The number of aliphatic carboxylic acids is 1. The van der Waals surface area contributed by atoms with Crippen molar-refractivity contribution in [3.63, 3.8) is 0 Å². The number of benzene rings is 2. The number of nitrogens with zero attached hydrogens (tertiary/aromatic N) is 4. The van der Waals surface area contributed by atoms with Crippen LogP contribution in [-0.4, -0.2) is 47.0 Å². The zero-order valence-electron chi connectivity index (χ0n) is 15.1. The molecule has 0 aromatic heterocycles. The Kier molecular flexibility index (Phi) is 6.74. The summed E-state index contributed by atoms with van der Waals surface area (Å²) >= 11 is 0.722. The fourth-order valence-corrected chi connectivity index (χ4v) is 3.24. The summed E-state index contributed by atoms with van der Waals surface area (Å²) in [6, 6.07) is 8.98. The van der Waals surface area contributed by atoms with E-state index >= 15 is 0 Å². The summed E-state index contributed by atoms with van der Waals surface area (Å²) in [4.78, 5) is 24.3. The highest BCUT2D eigenvalue weighted by atomic mass is 32.2. The molecule has 3 N–H and O–H groups in total. The van der Waals surface area contributed by atoms with Crippen LogP contribution in [-0.2, 0) is 29.1 Å². The summed E-state index contributed by atoms with van der Waals surface area (Å²) in [7, 11) is -4.43. The van der Waals surface area contributed by atoms with Gasteiger partial charge in [0.1, 0.15) is 0 Å². The van der Waals surface area contributed by atoms with E-state index in [1.165, 1.54) is 24.3 Å². The van der Waals surface area contributed by atoms with Gasteiger partial charge < -0.3 is 5.11 Å². The molecule has 0 saturated carbocycles. The highest BCUT2D eigenvalue weighted by Gasteiger charge is 2.41. The van der Waals surface area contributed by atoms with Crippen molar-refractivity contribution in [3.8, 4) is 0 Å². The largest absolute Gasteiger partial charge is 0.477 e. The second-order valence-electron chi connectivity index (χ2n) is 5.75. The molecular weight excluding hydrogens is 456 g/mol. The zero-order valence-corrected chi connectivity index (χ0v) is 16.7. The molecule has 162 valence electrons. The Bertz CT molecular complexity index is 1150. The smallest absolute Gasteiger partial charge is 0.355 e. The maximum absolute atomic E-state index is 12.7. The minimum Gasteiger partial charge on any atom is -0.477 e. The Morgan fingerprint density at radius 3 is 2.32 bits per heavy atom. The van der Waals surface area contributed by atoms with Crippen molar-refractivity contribution >= 4 is 51.1 Å². The van der Waals surface area contributed by atoms with E-state index in [2.05, 4.69) is 24.7 Å². The molecule has 2 aromatic carbocycles. The van der Waals surface area contributed by atoms with Gasteiger partial charge in [0.2, 0.25) is 6.04 Å². The van der Waals surface area contributed by atoms with Gasteiger partial charge in [0.15, 0.2) is 5.71 Å². The van der Waals surface area contributed by atoms with Gasteiger partial charge in [-0.25, -0.2) is 10.1 Å². The van der Waals surface area contributed by atoms with E-state index in [4.69, 9.17) is 9.81 Å². The predicted octanol–water partition coefficient (Wildman–Crippen LogP) is 2.30. The molecule has 2 aromatic rings. The second kappa shape index (κ2) is 9.29. The van der Waals surface area contributed by atoms with Gasteiger partial charge >= 0.3 is 5.97 Å². The molecule has 13 nitrogen and oxygen atoms in total. The molecule has 1 amide bonds. The number of carboxylic acids is 1. The lowest BCUT2D eigenvalue weighted by Gasteiger charge is -2.12. The van der Waals surface area contributed by atoms with Crippen LogP contribution < -0.4 is 5.01 Å². The first-order chi connectivity index (χ1) is 14.7. The molecule has 0 saturated heterocycles. The average molecular weight is 468 g/mol. The molecule has 0 aliphatic carbocycles. The number of hydrazone groups is 1. The lowest BCUT2D eigenvalue weighted by molar-refractivity contribution is -0.432. The fourth-order valence-electron chi connectivity index (χ4n) is 2.40. The molecule has 1 aliphatic heterocycles. The minimum absolute atomic E-state index is 0.0707. The van der Waals surface area contributed by atoms with Gasteiger partial charge in [0.25, 0.3) is 16.0 Å². The van der Waals surface area contributed by atoms with Gasteiger partial charge in [-0.05, 0) is 48.5 Å². The van der Waals surface area contributed by atoms with Crippen molar-refractivity contribution in [2.45, 2.75) is 15.8 Å². The SMILES string of the molecule is O=C(O)C1=NN(c2ccc(S(=O)(=O)O)cc2)C(=O)C1N=Nc1ccc(SOOO)cc1. The van der Waals surface area contributed by atoms with Gasteiger partial charge in [0.05, 0.1) is 28.3 Å². The number of carboxylic acid groups (broad SMARTS) is 1. The normalized spacial score (nSPS) is 16.7. The fraction of sp³-hybridized carbons (Fsp3) is 0.0625. The number of amides is 1. The first kappa shape index (κ1) is 22.5. The van der Waals surface area contributed by atoms with Crippen molar-refractivity contribution in [2.24, 2.45) is 15.3 Å². The van der Waals surface area contributed by atoms with Crippen molar-refractivity contribution in [3.05, 3.63) is 48.5 Å². The van der Waals surface area contributed by atoms with Crippen molar-refractivity contribution in [1.82, 2.24) is 0 Å². The molecule has 0 bridgehead atoms. The van der Waals surface area contributed by atoms with Crippen LogP contribution in [0.5, 0.6) is 0 Å². The molecule has 0 spiro atoms. The van der Waals surface area contributed by atoms with Gasteiger partial charge in [0, 0.05) is 4.90 Å². The van der Waals surface area contributed by atoms with E-state index < -0.39 is 38.6 Å². The van der Waals surface area contributed by atoms with E-state index in [9.17, 15) is 23.1 Å². The number of anilines is 1. The van der Waals surface area contributed by atoms with Crippen molar-refractivity contribution < 1.29 is 42.3 Å². The summed E-state index contributed by atoms with van der Waals surface area (Å²) in [6.07, 6.45) is 0. The van der Waals surface area contributed by atoms with Crippen LogP contribution in [0, 0.1) is 0 Å². The minimum atomic E-state index is -4.43. The second-order valence-corrected chi connectivity index (χ2v) is 7.94. The maximum Gasteiger partial charge on any atom is 0.355 e. The highest BCUT2D eigenvalue weighted by molar-refractivity contribution is 7.94. The number of rotatable bonds is 8. The van der Waals surface area contributed by atoms with Crippen LogP contribution in [0.4, 0.5) is 11.4 Å². The summed E-state index contributed by atoms with van der Waals surface area (Å²) in [5.41, 5.74) is -0.211. The Labute approximate surface area is 178 Å². The van der Waals surface area contributed by atoms with Gasteiger partial charge in [-0.2, -0.15) is 28.8 Å². The van der Waals surface area contributed by atoms with Crippen LogP contribution in [0.2, 0.25) is 0 Å². The zero-order chi connectivity index (χ0) is 22.6. The molecule has 0 radical (unpaired) electrons. The maximum atomic E-state index is 12.7. The summed E-state index contributed by atoms with van der Waals surface area (Å²) in [5, 5.41) is 33.1. The van der Waals surface area contributed by atoms with Crippen LogP contribution >= 0.6 is 12.0 Å². The Morgan fingerprint density at radius 2 is 1.77 bits per heavy atom. The first-order valence-corrected chi connectivity index (χ1v) is 10.3. The third-order valence-corrected chi connectivity index (χ3v) is 5.26. The number of hydrogen-bond acceptors (Lipinski definition) is 11. The molecule has 3 rings (SSSR count). The number of hydrogen-bond donors (Lipinski definition) is 3. The van der Waals surface area contributed by atoms with Crippen molar-refractivity contribution in [2.75, 3.05) is 5.01 Å². The molecule has 31 heavy (non-hydrogen) atoms. The van der Waals surface area contributed by atoms with E-state index in [1.54, 1.807) is 12.1 Å². The summed E-state index contributed by atoms with van der Waals surface area (Å²) in [5.74, 6) is -2.30. The standard InChI is InChI=1S/C16H12N4O9S2/c21-15-13(18-17-9-1-5-11(6-2-9)30-29-28-24)14(16(22)23)19-20(15)10-3-7-12(8-4-10)31(25,26)27/h1-8,13,24H,(H,22,23)(H,25,26,27). The van der Waals surface area contributed by atoms with E-state index in [0.29, 0.717) is 10.6 Å². The number of azo groups is 1. The van der Waals surface area contributed by atoms with E-state index in [1.807, 2.05) is 0 Å². The lowest BCUT2D eigenvalue weighted by atomic mass is 10.2. The van der Waals surface area contributed by atoms with Gasteiger partial charge in [-0.15, -0.1) is 4.33 Å². The van der Waals surface area contributed by atoms with Crippen LogP contribution in [0.15, 0.2) is 73.7 Å². The topological polar surface area (TPSA) is 188 Å². The van der Waals surface area contributed by atoms with Crippen molar-refractivity contribution in [1.29, 1.82) is 0 Å². The molecule has 1 atom stereocenters.